The molecule has 27 heavy (non-hydrogen) atoms. The molecule has 9 heteroatoms. The summed E-state index contributed by atoms with van der Waals surface area (Å²) in [7, 11) is 3.62. The molecule has 0 spiro atoms. The molecule has 1 atom stereocenters. The summed E-state index contributed by atoms with van der Waals surface area (Å²) in [4.78, 5) is 6.19. The average Bonchev–Trinajstić information content (AvgIpc) is 3.12. The van der Waals surface area contributed by atoms with E-state index in [0.717, 1.165) is 31.0 Å². The van der Waals surface area contributed by atoms with Crippen LogP contribution in [0.4, 0.5) is 8.78 Å². The van der Waals surface area contributed by atoms with Crippen molar-refractivity contribution in [3.05, 3.63) is 29.8 Å². The van der Waals surface area contributed by atoms with Crippen molar-refractivity contribution in [3.8, 4) is 5.75 Å². The molecule has 2 rings (SSSR count). The van der Waals surface area contributed by atoms with E-state index >= 15 is 0 Å². The fourth-order valence-corrected chi connectivity index (χ4v) is 2.74. The Hall–Kier alpha value is -1.20. The van der Waals surface area contributed by atoms with Crippen molar-refractivity contribution in [3.63, 3.8) is 0 Å². The molecule has 0 bridgehead atoms. The number of halogens is 3. The number of hydrogen-bond acceptors (Lipinski definition) is 4. The summed E-state index contributed by atoms with van der Waals surface area (Å²) in [6, 6.07) is 6.58. The van der Waals surface area contributed by atoms with E-state index in [4.69, 9.17) is 9.47 Å². The van der Waals surface area contributed by atoms with Crippen LogP contribution in [0.2, 0.25) is 0 Å². The van der Waals surface area contributed by atoms with Crippen LogP contribution in [0, 0.1) is 0 Å². The molecule has 154 valence electrons. The van der Waals surface area contributed by atoms with Gasteiger partial charge in [-0.2, -0.15) is 8.78 Å². The summed E-state index contributed by atoms with van der Waals surface area (Å²) in [5.41, 5.74) is 0.965. The highest BCUT2D eigenvalue weighted by molar-refractivity contribution is 14.0. The molecule has 0 aliphatic carbocycles. The van der Waals surface area contributed by atoms with Gasteiger partial charge in [0, 0.05) is 33.8 Å². The highest BCUT2D eigenvalue weighted by atomic mass is 127. The zero-order chi connectivity index (χ0) is 18.8. The Kier molecular flexibility index (Phi) is 11.5. The van der Waals surface area contributed by atoms with Gasteiger partial charge in [0.2, 0.25) is 0 Å². The number of nitrogens with zero attached hydrogens (tertiary/aromatic N) is 2. The van der Waals surface area contributed by atoms with Crippen LogP contribution < -0.4 is 10.1 Å². The van der Waals surface area contributed by atoms with Gasteiger partial charge in [0.05, 0.1) is 19.3 Å². The lowest BCUT2D eigenvalue weighted by Crippen LogP contribution is -2.40. The van der Waals surface area contributed by atoms with Gasteiger partial charge in [-0.15, -0.1) is 24.0 Å². The number of ether oxygens (including phenoxy) is 3. The van der Waals surface area contributed by atoms with E-state index in [9.17, 15) is 8.78 Å². The first kappa shape index (κ1) is 23.8. The molecule has 1 aromatic carbocycles. The second-order valence-electron chi connectivity index (χ2n) is 6.06. The van der Waals surface area contributed by atoms with Crippen molar-refractivity contribution in [2.45, 2.75) is 32.1 Å². The molecular formula is C18H28F2IN3O3. The lowest BCUT2D eigenvalue weighted by molar-refractivity contribution is -0.0498. The van der Waals surface area contributed by atoms with Gasteiger partial charge in [0.1, 0.15) is 5.75 Å². The molecule has 0 radical (unpaired) electrons. The fourth-order valence-electron chi connectivity index (χ4n) is 2.74. The number of aliphatic imine (C=N–C) groups is 1. The van der Waals surface area contributed by atoms with Gasteiger partial charge in [-0.1, -0.05) is 12.1 Å². The lowest BCUT2D eigenvalue weighted by atomic mass is 10.2. The smallest absolute Gasteiger partial charge is 0.387 e. The van der Waals surface area contributed by atoms with Crippen LogP contribution in [0.15, 0.2) is 29.3 Å². The number of alkyl halides is 2. The number of hydrogen-bond donors (Lipinski definition) is 1. The van der Waals surface area contributed by atoms with Crippen LogP contribution >= 0.6 is 24.0 Å². The first-order chi connectivity index (χ1) is 12.6. The minimum absolute atomic E-state index is 0. The van der Waals surface area contributed by atoms with Crippen molar-refractivity contribution in [1.29, 1.82) is 0 Å². The van der Waals surface area contributed by atoms with Crippen molar-refractivity contribution in [1.82, 2.24) is 10.2 Å². The zero-order valence-corrected chi connectivity index (χ0v) is 18.0. The van der Waals surface area contributed by atoms with E-state index in [-0.39, 0.29) is 35.8 Å². The second kappa shape index (κ2) is 13.1. The summed E-state index contributed by atoms with van der Waals surface area (Å²) in [6.45, 7) is 0.458. The van der Waals surface area contributed by atoms with Crippen LogP contribution in [0.5, 0.6) is 5.75 Å². The summed E-state index contributed by atoms with van der Waals surface area (Å²) in [5, 5.41) is 3.24. The molecule has 1 saturated heterocycles. The molecule has 1 fully saturated rings. The highest BCUT2D eigenvalue weighted by Gasteiger charge is 2.15. The summed E-state index contributed by atoms with van der Waals surface area (Å²) >= 11 is 0. The monoisotopic (exact) mass is 499 g/mol. The van der Waals surface area contributed by atoms with Gasteiger partial charge in [-0.05, 0) is 30.5 Å². The van der Waals surface area contributed by atoms with Gasteiger partial charge >= 0.3 is 6.61 Å². The van der Waals surface area contributed by atoms with E-state index < -0.39 is 6.61 Å². The van der Waals surface area contributed by atoms with Gasteiger partial charge in [-0.3, -0.25) is 4.99 Å². The van der Waals surface area contributed by atoms with E-state index in [1.54, 1.807) is 19.2 Å². The molecule has 1 aliphatic heterocycles. The van der Waals surface area contributed by atoms with Crippen LogP contribution in [0.25, 0.3) is 0 Å². The third-order valence-electron chi connectivity index (χ3n) is 4.00. The Balaban J connectivity index is 0.00000364. The molecule has 0 amide bonds. The van der Waals surface area contributed by atoms with Gasteiger partial charge in [-0.25, -0.2) is 0 Å². The Morgan fingerprint density at radius 2 is 2.11 bits per heavy atom. The Bertz CT molecular complexity index is 555. The van der Waals surface area contributed by atoms with E-state index in [2.05, 4.69) is 15.0 Å². The first-order valence-corrected chi connectivity index (χ1v) is 8.73. The quantitative estimate of drug-likeness (QED) is 0.245. The number of benzene rings is 1. The van der Waals surface area contributed by atoms with Crippen LogP contribution in [0.3, 0.4) is 0 Å². The molecule has 1 aromatic rings. The third kappa shape index (κ3) is 9.02. The Morgan fingerprint density at radius 1 is 1.37 bits per heavy atom. The summed E-state index contributed by atoms with van der Waals surface area (Å²) < 4.78 is 39.8. The maximum atomic E-state index is 12.2. The topological polar surface area (TPSA) is 55.3 Å². The molecular weight excluding hydrogens is 471 g/mol. The third-order valence-corrected chi connectivity index (χ3v) is 4.00. The molecule has 1 heterocycles. The number of nitrogens with one attached hydrogen (secondary N) is 1. The van der Waals surface area contributed by atoms with E-state index in [0.29, 0.717) is 26.3 Å². The van der Waals surface area contributed by atoms with Gasteiger partial charge < -0.3 is 24.4 Å². The fraction of sp³-hybridized carbons (Fsp3) is 0.611. The predicted octanol–water partition coefficient (Wildman–Crippen LogP) is 3.11. The molecule has 1 N–H and O–H groups in total. The largest absolute Gasteiger partial charge is 0.435 e. The van der Waals surface area contributed by atoms with Crippen molar-refractivity contribution < 1.29 is 23.0 Å². The summed E-state index contributed by atoms with van der Waals surface area (Å²) in [5.74, 6) is 0.885. The van der Waals surface area contributed by atoms with Crippen LogP contribution in [-0.4, -0.2) is 64.0 Å². The van der Waals surface area contributed by atoms with E-state index in [1.165, 1.54) is 12.1 Å². The zero-order valence-electron chi connectivity index (χ0n) is 15.7. The molecule has 1 unspecified atom stereocenters. The van der Waals surface area contributed by atoms with Crippen molar-refractivity contribution in [2.75, 3.05) is 40.5 Å². The number of guanidine groups is 1. The first-order valence-electron chi connectivity index (χ1n) is 8.73. The number of rotatable bonds is 9. The van der Waals surface area contributed by atoms with Gasteiger partial charge in [0.15, 0.2) is 5.96 Å². The maximum Gasteiger partial charge on any atom is 0.387 e. The minimum Gasteiger partial charge on any atom is -0.435 e. The lowest BCUT2D eigenvalue weighted by Gasteiger charge is -2.22. The summed E-state index contributed by atoms with van der Waals surface area (Å²) in [6.07, 6.45) is 2.41. The van der Waals surface area contributed by atoms with Gasteiger partial charge in [0.25, 0.3) is 0 Å². The van der Waals surface area contributed by atoms with Crippen LogP contribution in [-0.2, 0) is 16.0 Å². The maximum absolute atomic E-state index is 12.2. The second-order valence-corrected chi connectivity index (χ2v) is 6.06. The normalized spacial score (nSPS) is 16.9. The minimum atomic E-state index is -2.81. The molecule has 6 nitrogen and oxygen atoms in total. The molecule has 0 aromatic heterocycles. The standard InChI is InChI=1S/C18H27F2N3O3.HI/c1-21-18(22-9-11-24-13-16-4-3-10-25-16)23(2)12-14-5-7-15(8-6-14)26-17(19)20;/h5-8,16-17H,3-4,9-13H2,1-2H3,(H,21,22);1H. The predicted molar refractivity (Wildman–Crippen MR) is 111 cm³/mol. The van der Waals surface area contributed by atoms with Crippen molar-refractivity contribution >= 4 is 29.9 Å². The SMILES string of the molecule is CN=C(NCCOCC1CCCO1)N(C)Cc1ccc(OC(F)F)cc1.I. The Morgan fingerprint density at radius 3 is 2.70 bits per heavy atom. The van der Waals surface area contributed by atoms with E-state index in [1.807, 2.05) is 11.9 Å². The molecule has 1 aliphatic rings. The average molecular weight is 499 g/mol. The molecule has 0 saturated carbocycles. The highest BCUT2D eigenvalue weighted by Crippen LogP contribution is 2.15. The Labute approximate surface area is 176 Å². The van der Waals surface area contributed by atoms with Crippen LogP contribution in [0.1, 0.15) is 18.4 Å². The van der Waals surface area contributed by atoms with Crippen molar-refractivity contribution in [2.24, 2.45) is 4.99 Å².